The van der Waals surface area contributed by atoms with Gasteiger partial charge in [0.25, 0.3) is 0 Å². The number of piperidine rings is 2. The number of ether oxygens (including phenoxy) is 1. The zero-order valence-electron chi connectivity index (χ0n) is 12.4. The first kappa shape index (κ1) is 14.8. The molecule has 3 atom stereocenters. The second-order valence-corrected chi connectivity index (χ2v) is 5.91. The van der Waals surface area contributed by atoms with Gasteiger partial charge in [0.1, 0.15) is 0 Å². The number of amides is 1. The minimum Gasteiger partial charge on any atom is -0.376 e. The van der Waals surface area contributed by atoms with Gasteiger partial charge < -0.3 is 15.0 Å². The predicted octanol–water partition coefficient (Wildman–Crippen LogP) is 1.79. The number of rotatable bonds is 4. The Bertz CT molecular complexity index is 296. The molecule has 4 nitrogen and oxygen atoms in total. The first-order chi connectivity index (χ1) is 9.22. The normalized spacial score (nSPS) is 32.3. The van der Waals surface area contributed by atoms with Gasteiger partial charge in [0, 0.05) is 25.7 Å². The third kappa shape index (κ3) is 3.93. The van der Waals surface area contributed by atoms with Crippen LogP contribution in [0.2, 0.25) is 0 Å². The Hall–Kier alpha value is -0.610. The van der Waals surface area contributed by atoms with Gasteiger partial charge in [-0.25, -0.2) is 0 Å². The number of carbonyl (C=O) groups is 1. The Labute approximate surface area is 116 Å². The third-order valence-electron chi connectivity index (χ3n) is 4.33. The summed E-state index contributed by atoms with van der Waals surface area (Å²) in [6.45, 7) is 7.83. The minimum absolute atomic E-state index is 0.165. The highest BCUT2D eigenvalue weighted by Gasteiger charge is 2.33. The van der Waals surface area contributed by atoms with Gasteiger partial charge in [-0.15, -0.1) is 0 Å². The van der Waals surface area contributed by atoms with E-state index in [0.717, 1.165) is 58.3 Å². The summed E-state index contributed by atoms with van der Waals surface area (Å²) in [6.07, 6.45) is 5.63. The van der Waals surface area contributed by atoms with E-state index in [0.29, 0.717) is 11.9 Å². The average molecular weight is 268 g/mol. The molecular weight excluding hydrogens is 240 g/mol. The number of nitrogens with one attached hydrogen (secondary N) is 1. The fourth-order valence-corrected chi connectivity index (χ4v) is 3.17. The van der Waals surface area contributed by atoms with Gasteiger partial charge in [-0.1, -0.05) is 6.92 Å². The summed E-state index contributed by atoms with van der Waals surface area (Å²) in [4.78, 5) is 14.7. The van der Waals surface area contributed by atoms with E-state index in [9.17, 15) is 4.79 Å². The molecule has 1 N–H and O–H groups in total. The highest BCUT2D eigenvalue weighted by molar-refractivity contribution is 5.79. The molecule has 1 amide bonds. The smallest absolute Gasteiger partial charge is 0.227 e. The molecule has 0 aliphatic carbocycles. The van der Waals surface area contributed by atoms with Gasteiger partial charge in [-0.05, 0) is 45.6 Å². The molecule has 2 saturated heterocycles. The minimum atomic E-state index is 0.165. The molecule has 0 radical (unpaired) electrons. The van der Waals surface area contributed by atoms with E-state index in [1.54, 1.807) is 0 Å². The maximum atomic E-state index is 12.6. The fraction of sp³-hybridized carbons (Fsp3) is 0.933. The third-order valence-corrected chi connectivity index (χ3v) is 4.33. The Morgan fingerprint density at radius 1 is 1.37 bits per heavy atom. The lowest BCUT2D eigenvalue weighted by atomic mass is 9.90. The van der Waals surface area contributed by atoms with Gasteiger partial charge in [-0.2, -0.15) is 0 Å². The van der Waals surface area contributed by atoms with Crippen molar-refractivity contribution in [3.63, 3.8) is 0 Å². The SMILES string of the molecule is CCCOC1CCCN(C(=O)C2CCCNC2C)C1. The lowest BCUT2D eigenvalue weighted by Gasteiger charge is -2.38. The van der Waals surface area contributed by atoms with Crippen LogP contribution in [0.4, 0.5) is 0 Å². The zero-order chi connectivity index (χ0) is 13.7. The van der Waals surface area contributed by atoms with E-state index in [-0.39, 0.29) is 12.0 Å². The van der Waals surface area contributed by atoms with Crippen molar-refractivity contribution in [2.75, 3.05) is 26.2 Å². The largest absolute Gasteiger partial charge is 0.376 e. The molecule has 0 aromatic rings. The monoisotopic (exact) mass is 268 g/mol. The Morgan fingerprint density at radius 3 is 2.95 bits per heavy atom. The van der Waals surface area contributed by atoms with Crippen molar-refractivity contribution in [1.29, 1.82) is 0 Å². The lowest BCUT2D eigenvalue weighted by Crippen LogP contribution is -2.51. The topological polar surface area (TPSA) is 41.6 Å². The van der Waals surface area contributed by atoms with Gasteiger partial charge in [0.05, 0.1) is 12.0 Å². The summed E-state index contributed by atoms with van der Waals surface area (Å²) in [7, 11) is 0. The highest BCUT2D eigenvalue weighted by Crippen LogP contribution is 2.22. The molecular formula is C15H28N2O2. The molecule has 2 aliphatic rings. The molecule has 0 bridgehead atoms. The molecule has 0 spiro atoms. The molecule has 0 aromatic carbocycles. The van der Waals surface area contributed by atoms with E-state index in [2.05, 4.69) is 19.2 Å². The van der Waals surface area contributed by atoms with E-state index < -0.39 is 0 Å². The Kier molecular flexibility index (Phi) is 5.64. The molecule has 0 aromatic heterocycles. The molecule has 2 rings (SSSR count). The van der Waals surface area contributed by atoms with Crippen LogP contribution < -0.4 is 5.32 Å². The van der Waals surface area contributed by atoms with Crippen molar-refractivity contribution in [2.45, 2.75) is 58.1 Å². The van der Waals surface area contributed by atoms with Gasteiger partial charge in [0.2, 0.25) is 5.91 Å². The maximum absolute atomic E-state index is 12.6. The van der Waals surface area contributed by atoms with Crippen molar-refractivity contribution in [2.24, 2.45) is 5.92 Å². The number of carbonyl (C=O) groups excluding carboxylic acids is 1. The second-order valence-electron chi connectivity index (χ2n) is 5.91. The lowest BCUT2D eigenvalue weighted by molar-refractivity contribution is -0.141. The van der Waals surface area contributed by atoms with Crippen molar-refractivity contribution >= 4 is 5.91 Å². The molecule has 2 heterocycles. The quantitative estimate of drug-likeness (QED) is 0.845. The number of likely N-dealkylation sites (tertiary alicyclic amines) is 1. The number of hydrogen-bond acceptors (Lipinski definition) is 3. The van der Waals surface area contributed by atoms with Crippen molar-refractivity contribution < 1.29 is 9.53 Å². The predicted molar refractivity (Wildman–Crippen MR) is 76.0 cm³/mol. The molecule has 2 aliphatic heterocycles. The summed E-state index contributed by atoms with van der Waals surface area (Å²) in [5, 5.41) is 3.42. The van der Waals surface area contributed by atoms with Gasteiger partial charge in [0.15, 0.2) is 0 Å². The van der Waals surface area contributed by atoms with Crippen LogP contribution in [0.5, 0.6) is 0 Å². The molecule has 3 unspecified atom stereocenters. The Morgan fingerprint density at radius 2 is 2.21 bits per heavy atom. The summed E-state index contributed by atoms with van der Waals surface area (Å²) in [5.74, 6) is 0.503. The van der Waals surface area contributed by atoms with Crippen molar-refractivity contribution in [3.05, 3.63) is 0 Å². The van der Waals surface area contributed by atoms with Crippen LogP contribution in [0.3, 0.4) is 0 Å². The summed E-state index contributed by atoms with van der Waals surface area (Å²) < 4.78 is 5.82. The van der Waals surface area contributed by atoms with E-state index >= 15 is 0 Å². The highest BCUT2D eigenvalue weighted by atomic mass is 16.5. The zero-order valence-corrected chi connectivity index (χ0v) is 12.4. The molecule has 110 valence electrons. The number of nitrogens with zero attached hydrogens (tertiary/aromatic N) is 1. The van der Waals surface area contributed by atoms with Crippen LogP contribution in [0.1, 0.15) is 46.0 Å². The maximum Gasteiger partial charge on any atom is 0.227 e. The fourth-order valence-electron chi connectivity index (χ4n) is 3.17. The molecule has 4 heteroatoms. The van der Waals surface area contributed by atoms with Crippen molar-refractivity contribution in [1.82, 2.24) is 10.2 Å². The van der Waals surface area contributed by atoms with Crippen LogP contribution in [0.15, 0.2) is 0 Å². The summed E-state index contributed by atoms with van der Waals surface area (Å²) >= 11 is 0. The van der Waals surface area contributed by atoms with Crippen LogP contribution in [0, 0.1) is 5.92 Å². The van der Waals surface area contributed by atoms with E-state index in [1.165, 1.54) is 0 Å². The summed E-state index contributed by atoms with van der Waals surface area (Å²) in [6, 6.07) is 0.318. The van der Waals surface area contributed by atoms with Crippen molar-refractivity contribution in [3.8, 4) is 0 Å². The van der Waals surface area contributed by atoms with Crippen LogP contribution in [-0.2, 0) is 9.53 Å². The molecule has 0 saturated carbocycles. The van der Waals surface area contributed by atoms with Gasteiger partial charge in [-0.3, -0.25) is 4.79 Å². The van der Waals surface area contributed by atoms with E-state index in [4.69, 9.17) is 4.74 Å². The van der Waals surface area contributed by atoms with Gasteiger partial charge >= 0.3 is 0 Å². The van der Waals surface area contributed by atoms with E-state index in [1.807, 2.05) is 4.90 Å². The van der Waals surface area contributed by atoms with Crippen LogP contribution in [0.25, 0.3) is 0 Å². The molecule has 19 heavy (non-hydrogen) atoms. The molecule has 2 fully saturated rings. The number of hydrogen-bond donors (Lipinski definition) is 1. The second kappa shape index (κ2) is 7.25. The standard InChI is InChI=1S/C15H28N2O2/c1-3-10-19-13-6-5-9-17(11-13)15(18)14-7-4-8-16-12(14)2/h12-14,16H,3-11H2,1-2H3. The first-order valence-electron chi connectivity index (χ1n) is 7.86. The van der Waals surface area contributed by atoms with Crippen LogP contribution >= 0.6 is 0 Å². The Balaban J connectivity index is 1.87. The average Bonchev–Trinajstić information content (AvgIpc) is 2.45. The summed E-state index contributed by atoms with van der Waals surface area (Å²) in [5.41, 5.74) is 0. The first-order valence-corrected chi connectivity index (χ1v) is 7.86. The van der Waals surface area contributed by atoms with Crippen LogP contribution in [-0.4, -0.2) is 49.2 Å².